The summed E-state index contributed by atoms with van der Waals surface area (Å²) in [5, 5.41) is 1.65. The lowest BCUT2D eigenvalue weighted by Gasteiger charge is -2.20. The molecule has 0 N–H and O–H groups in total. The van der Waals surface area contributed by atoms with Gasteiger partial charge >= 0.3 is 0 Å². The van der Waals surface area contributed by atoms with E-state index in [1.54, 1.807) is 5.20 Å². The maximum atomic E-state index is 2.44. The van der Waals surface area contributed by atoms with Gasteiger partial charge in [0.05, 0.1) is 8.07 Å². The molecule has 0 heterocycles. The normalized spacial score (nSPS) is 17.7. The van der Waals surface area contributed by atoms with Crippen LogP contribution >= 0.6 is 0 Å². The van der Waals surface area contributed by atoms with Crippen LogP contribution in [0.3, 0.4) is 0 Å². The molecule has 0 aromatic heterocycles. The van der Waals surface area contributed by atoms with Crippen LogP contribution in [0.2, 0.25) is 19.1 Å². The zero-order valence-corrected chi connectivity index (χ0v) is 8.15. The number of rotatable bonds is 2. The number of hydrogen-bond donors (Lipinski definition) is 0. The minimum Gasteiger partial charge on any atom is -0.0815 e. The smallest absolute Gasteiger partial charge is 0.0799 e. The Kier molecular flexibility index (Phi) is 2.14. The van der Waals surface area contributed by atoms with Crippen molar-refractivity contribution in [2.45, 2.75) is 32.5 Å². The maximum absolute atomic E-state index is 2.44. The molecular weight excluding hydrogens is 136 g/mol. The van der Waals surface area contributed by atoms with Gasteiger partial charge in [0.2, 0.25) is 0 Å². The van der Waals surface area contributed by atoms with E-state index in [2.05, 4.69) is 38.2 Å². The summed E-state index contributed by atoms with van der Waals surface area (Å²) >= 11 is 0. The quantitative estimate of drug-likeness (QED) is 0.533. The topological polar surface area (TPSA) is 0 Å². The first-order chi connectivity index (χ1) is 4.67. The Morgan fingerprint density at radius 1 is 1.50 bits per heavy atom. The SMILES string of the molecule is CC[Si](C)(C)C1=CCC=C1. The Morgan fingerprint density at radius 3 is 2.60 bits per heavy atom. The Morgan fingerprint density at radius 2 is 2.20 bits per heavy atom. The highest BCUT2D eigenvalue weighted by atomic mass is 28.3. The first-order valence-corrected chi connectivity index (χ1v) is 7.24. The number of allylic oxidation sites excluding steroid dienone is 4. The summed E-state index contributed by atoms with van der Waals surface area (Å²) in [4.78, 5) is 0. The minimum atomic E-state index is -0.970. The Hall–Kier alpha value is -0.303. The first-order valence-electron chi connectivity index (χ1n) is 4.04. The summed E-state index contributed by atoms with van der Waals surface area (Å²) < 4.78 is 0. The van der Waals surface area contributed by atoms with Gasteiger partial charge in [-0.05, 0) is 6.42 Å². The average Bonchev–Trinajstić information content (AvgIpc) is 2.38. The van der Waals surface area contributed by atoms with Crippen molar-refractivity contribution in [2.75, 3.05) is 0 Å². The molecule has 0 aromatic rings. The standard InChI is InChI=1S/C9H16Si/c1-4-10(2,3)9-7-5-6-8-9/h5,7-8H,4,6H2,1-3H3. The van der Waals surface area contributed by atoms with E-state index in [0.717, 1.165) is 0 Å². The summed E-state index contributed by atoms with van der Waals surface area (Å²) in [6.45, 7) is 7.18. The molecule has 0 spiro atoms. The van der Waals surface area contributed by atoms with Crippen LogP contribution in [0.4, 0.5) is 0 Å². The largest absolute Gasteiger partial charge is 0.0815 e. The van der Waals surface area contributed by atoms with E-state index >= 15 is 0 Å². The molecule has 1 aliphatic rings. The van der Waals surface area contributed by atoms with Gasteiger partial charge in [0.15, 0.2) is 0 Å². The monoisotopic (exact) mass is 152 g/mol. The van der Waals surface area contributed by atoms with Crippen LogP contribution in [0.15, 0.2) is 23.4 Å². The molecule has 0 bridgehead atoms. The van der Waals surface area contributed by atoms with Gasteiger partial charge in [-0.1, -0.05) is 49.5 Å². The molecule has 0 fully saturated rings. The van der Waals surface area contributed by atoms with Gasteiger partial charge in [0.1, 0.15) is 0 Å². The predicted molar refractivity (Wildman–Crippen MR) is 49.8 cm³/mol. The summed E-state index contributed by atoms with van der Waals surface area (Å²) in [5.41, 5.74) is 0. The highest BCUT2D eigenvalue weighted by Crippen LogP contribution is 2.24. The zero-order valence-electron chi connectivity index (χ0n) is 7.15. The van der Waals surface area contributed by atoms with Crippen LogP contribution in [0.5, 0.6) is 0 Å². The molecule has 0 saturated carbocycles. The fourth-order valence-electron chi connectivity index (χ4n) is 1.16. The van der Waals surface area contributed by atoms with Gasteiger partial charge < -0.3 is 0 Å². The molecule has 0 atom stereocenters. The number of hydrogen-bond acceptors (Lipinski definition) is 0. The lowest BCUT2D eigenvalue weighted by Crippen LogP contribution is -2.25. The van der Waals surface area contributed by atoms with Crippen molar-refractivity contribution in [2.24, 2.45) is 0 Å². The van der Waals surface area contributed by atoms with Gasteiger partial charge in [0, 0.05) is 0 Å². The molecular formula is C9H16Si. The third-order valence-corrected chi connectivity index (χ3v) is 6.14. The third-order valence-electron chi connectivity index (χ3n) is 2.44. The average molecular weight is 152 g/mol. The van der Waals surface area contributed by atoms with E-state index < -0.39 is 8.07 Å². The Labute approximate surface area is 64.7 Å². The van der Waals surface area contributed by atoms with Gasteiger partial charge in [-0.2, -0.15) is 0 Å². The van der Waals surface area contributed by atoms with Gasteiger partial charge in [-0.3, -0.25) is 0 Å². The molecule has 1 heteroatoms. The van der Waals surface area contributed by atoms with Crippen LogP contribution < -0.4 is 0 Å². The van der Waals surface area contributed by atoms with E-state index in [1.807, 2.05) is 0 Å². The van der Waals surface area contributed by atoms with E-state index in [4.69, 9.17) is 0 Å². The van der Waals surface area contributed by atoms with Crippen molar-refractivity contribution in [1.82, 2.24) is 0 Å². The summed E-state index contributed by atoms with van der Waals surface area (Å²) in [6, 6.07) is 1.36. The fraction of sp³-hybridized carbons (Fsp3) is 0.556. The van der Waals surface area contributed by atoms with Crippen molar-refractivity contribution in [3.8, 4) is 0 Å². The Balaban J connectivity index is 2.72. The second-order valence-electron chi connectivity index (χ2n) is 3.53. The van der Waals surface area contributed by atoms with Crippen LogP contribution in [0.1, 0.15) is 13.3 Å². The molecule has 0 saturated heterocycles. The summed E-state index contributed by atoms with van der Waals surface area (Å²) in [7, 11) is -0.970. The van der Waals surface area contributed by atoms with Crippen molar-refractivity contribution in [3.05, 3.63) is 23.4 Å². The predicted octanol–water partition coefficient (Wildman–Crippen LogP) is 3.14. The van der Waals surface area contributed by atoms with Crippen LogP contribution in [0, 0.1) is 0 Å². The molecule has 0 aromatic carbocycles. The molecule has 1 rings (SSSR count). The lowest BCUT2D eigenvalue weighted by molar-refractivity contribution is 1.35. The molecule has 0 radical (unpaired) electrons. The van der Waals surface area contributed by atoms with Crippen molar-refractivity contribution in [1.29, 1.82) is 0 Å². The van der Waals surface area contributed by atoms with Crippen molar-refractivity contribution < 1.29 is 0 Å². The highest BCUT2D eigenvalue weighted by Gasteiger charge is 2.22. The second kappa shape index (κ2) is 2.75. The molecule has 1 aliphatic carbocycles. The molecule has 56 valence electrons. The molecule has 0 amide bonds. The lowest BCUT2D eigenvalue weighted by atomic mass is 10.5. The van der Waals surface area contributed by atoms with Gasteiger partial charge in [-0.15, -0.1) is 0 Å². The summed E-state index contributed by atoms with van der Waals surface area (Å²) in [5.74, 6) is 0. The Bertz CT molecular complexity index is 175. The maximum Gasteiger partial charge on any atom is 0.0799 e. The van der Waals surface area contributed by atoms with Crippen LogP contribution in [-0.4, -0.2) is 8.07 Å². The van der Waals surface area contributed by atoms with E-state index in [0.29, 0.717) is 0 Å². The zero-order chi connectivity index (χ0) is 7.61. The molecule has 0 aliphatic heterocycles. The van der Waals surface area contributed by atoms with Crippen molar-refractivity contribution in [3.63, 3.8) is 0 Å². The van der Waals surface area contributed by atoms with E-state index in [1.165, 1.54) is 12.5 Å². The van der Waals surface area contributed by atoms with Crippen molar-refractivity contribution >= 4 is 8.07 Å². The third kappa shape index (κ3) is 1.40. The molecule has 0 unspecified atom stereocenters. The second-order valence-corrected chi connectivity index (χ2v) is 8.59. The first kappa shape index (κ1) is 7.80. The molecule has 0 nitrogen and oxygen atoms in total. The van der Waals surface area contributed by atoms with E-state index in [9.17, 15) is 0 Å². The minimum absolute atomic E-state index is 0.970. The van der Waals surface area contributed by atoms with Gasteiger partial charge in [0.25, 0.3) is 0 Å². The summed E-state index contributed by atoms with van der Waals surface area (Å²) in [6.07, 6.45) is 8.14. The van der Waals surface area contributed by atoms with Gasteiger partial charge in [-0.25, -0.2) is 0 Å². The van der Waals surface area contributed by atoms with Crippen LogP contribution in [-0.2, 0) is 0 Å². The molecule has 10 heavy (non-hydrogen) atoms. The fourth-order valence-corrected chi connectivity index (χ4v) is 2.81. The van der Waals surface area contributed by atoms with Crippen LogP contribution in [0.25, 0.3) is 0 Å². The highest BCUT2D eigenvalue weighted by molar-refractivity contribution is 6.84. The van der Waals surface area contributed by atoms with E-state index in [-0.39, 0.29) is 0 Å².